The van der Waals surface area contributed by atoms with Crippen LogP contribution in [0.25, 0.3) is 0 Å². The minimum Gasteiger partial charge on any atom is -0.493 e. The molecule has 0 bridgehead atoms. The first kappa shape index (κ1) is 20.3. The largest absolute Gasteiger partial charge is 0.493 e. The predicted octanol–water partition coefficient (Wildman–Crippen LogP) is 1.02. The summed E-state index contributed by atoms with van der Waals surface area (Å²) in [6.45, 7) is 7.22. The van der Waals surface area contributed by atoms with Gasteiger partial charge in [0.1, 0.15) is 6.04 Å². The number of carbonyl (C=O) groups is 3. The average Bonchev–Trinajstić information content (AvgIpc) is 2.57. The summed E-state index contributed by atoms with van der Waals surface area (Å²) in [5, 5.41) is 2.54. The Bertz CT molecular complexity index is 631. The quantitative estimate of drug-likeness (QED) is 0.636. The number of hydrogen-bond acceptors (Lipinski definition) is 5. The Balaban J connectivity index is 2.75. The predicted molar refractivity (Wildman–Crippen MR) is 92.2 cm³/mol. The van der Waals surface area contributed by atoms with Gasteiger partial charge in [-0.1, -0.05) is 13.8 Å². The van der Waals surface area contributed by atoms with Crippen molar-refractivity contribution in [3.05, 3.63) is 23.8 Å². The van der Waals surface area contributed by atoms with Gasteiger partial charge in [-0.25, -0.2) is 0 Å². The van der Waals surface area contributed by atoms with Crippen molar-refractivity contribution < 1.29 is 23.9 Å². The van der Waals surface area contributed by atoms with E-state index < -0.39 is 17.9 Å². The van der Waals surface area contributed by atoms with Crippen LogP contribution >= 0.6 is 0 Å². The van der Waals surface area contributed by atoms with Crippen LogP contribution in [0.15, 0.2) is 18.2 Å². The van der Waals surface area contributed by atoms with Crippen molar-refractivity contribution in [2.24, 2.45) is 5.92 Å². The number of carbonyl (C=O) groups excluding carboxylic acids is 3. The average molecular weight is 351 g/mol. The Morgan fingerprint density at radius 1 is 1.12 bits per heavy atom. The van der Waals surface area contributed by atoms with Crippen molar-refractivity contribution in [1.82, 2.24) is 16.2 Å². The molecule has 138 valence electrons. The molecule has 0 spiro atoms. The van der Waals surface area contributed by atoms with E-state index in [0.29, 0.717) is 23.7 Å². The summed E-state index contributed by atoms with van der Waals surface area (Å²) in [6.07, 6.45) is 0. The van der Waals surface area contributed by atoms with E-state index in [1.807, 2.05) is 6.92 Å². The number of benzene rings is 1. The fourth-order valence-electron chi connectivity index (χ4n) is 2.11. The molecule has 1 atom stereocenters. The van der Waals surface area contributed by atoms with Crippen LogP contribution in [0.1, 0.15) is 38.1 Å². The SMILES string of the molecule is CCOc1ccc(C(=O)NNC(=O)C(NC(C)=O)C(C)C)cc1OC. The van der Waals surface area contributed by atoms with E-state index in [9.17, 15) is 14.4 Å². The third-order valence-electron chi connectivity index (χ3n) is 3.33. The highest BCUT2D eigenvalue weighted by molar-refractivity contribution is 5.96. The van der Waals surface area contributed by atoms with Crippen molar-refractivity contribution in [3.63, 3.8) is 0 Å². The van der Waals surface area contributed by atoms with E-state index >= 15 is 0 Å². The van der Waals surface area contributed by atoms with Gasteiger partial charge >= 0.3 is 0 Å². The third-order valence-corrected chi connectivity index (χ3v) is 3.33. The van der Waals surface area contributed by atoms with E-state index in [1.54, 1.807) is 26.0 Å². The molecule has 3 N–H and O–H groups in total. The van der Waals surface area contributed by atoms with Crippen LogP contribution in [0.4, 0.5) is 0 Å². The Morgan fingerprint density at radius 2 is 1.80 bits per heavy atom. The lowest BCUT2D eigenvalue weighted by atomic mass is 10.0. The van der Waals surface area contributed by atoms with Gasteiger partial charge in [-0.05, 0) is 31.0 Å². The van der Waals surface area contributed by atoms with Crippen LogP contribution in [0.3, 0.4) is 0 Å². The molecule has 1 aromatic rings. The van der Waals surface area contributed by atoms with Gasteiger partial charge < -0.3 is 14.8 Å². The molecule has 8 heteroatoms. The van der Waals surface area contributed by atoms with Crippen molar-refractivity contribution in [2.75, 3.05) is 13.7 Å². The minimum atomic E-state index is -0.743. The van der Waals surface area contributed by atoms with Crippen LogP contribution in [0, 0.1) is 5.92 Å². The summed E-state index contributed by atoms with van der Waals surface area (Å²) in [5.74, 6) is -0.533. The maximum absolute atomic E-state index is 12.2. The standard InChI is InChI=1S/C17H25N3O5/c1-6-25-13-8-7-12(9-14(13)24-5)16(22)19-20-17(23)15(10(2)3)18-11(4)21/h7-10,15H,6H2,1-5H3,(H,18,21)(H,19,22)(H,20,23). The van der Waals surface area contributed by atoms with Crippen LogP contribution in [-0.2, 0) is 9.59 Å². The number of hydrazine groups is 1. The highest BCUT2D eigenvalue weighted by atomic mass is 16.5. The molecule has 0 aliphatic carbocycles. The number of methoxy groups -OCH3 is 1. The smallest absolute Gasteiger partial charge is 0.269 e. The van der Waals surface area contributed by atoms with E-state index in [0.717, 1.165) is 0 Å². The zero-order valence-corrected chi connectivity index (χ0v) is 15.1. The van der Waals surface area contributed by atoms with Crippen molar-refractivity contribution >= 4 is 17.7 Å². The lowest BCUT2D eigenvalue weighted by molar-refractivity contribution is -0.129. The molecular weight excluding hydrogens is 326 g/mol. The van der Waals surface area contributed by atoms with E-state index in [2.05, 4.69) is 16.2 Å². The van der Waals surface area contributed by atoms with Gasteiger partial charge in [0.05, 0.1) is 13.7 Å². The number of amides is 3. The summed E-state index contributed by atoms with van der Waals surface area (Å²) >= 11 is 0. The molecule has 8 nitrogen and oxygen atoms in total. The van der Waals surface area contributed by atoms with Gasteiger partial charge in [-0.15, -0.1) is 0 Å². The molecule has 0 fully saturated rings. The number of nitrogens with one attached hydrogen (secondary N) is 3. The molecule has 0 aliphatic heterocycles. The first-order valence-corrected chi connectivity index (χ1v) is 7.98. The van der Waals surface area contributed by atoms with Crippen LogP contribution < -0.4 is 25.6 Å². The van der Waals surface area contributed by atoms with Crippen LogP contribution in [0.5, 0.6) is 11.5 Å². The Kier molecular flexibility index (Phi) is 7.71. The lowest BCUT2D eigenvalue weighted by Crippen LogP contribution is -2.54. The molecular formula is C17H25N3O5. The monoisotopic (exact) mass is 351 g/mol. The van der Waals surface area contributed by atoms with Gasteiger partial charge in [0.25, 0.3) is 11.8 Å². The highest BCUT2D eigenvalue weighted by Gasteiger charge is 2.23. The van der Waals surface area contributed by atoms with Gasteiger partial charge in [0, 0.05) is 12.5 Å². The zero-order valence-electron chi connectivity index (χ0n) is 15.1. The summed E-state index contributed by atoms with van der Waals surface area (Å²) in [6, 6.07) is 3.95. The Labute approximate surface area is 147 Å². The Morgan fingerprint density at radius 3 is 2.32 bits per heavy atom. The fourth-order valence-corrected chi connectivity index (χ4v) is 2.11. The molecule has 25 heavy (non-hydrogen) atoms. The van der Waals surface area contributed by atoms with E-state index in [1.165, 1.54) is 20.1 Å². The highest BCUT2D eigenvalue weighted by Crippen LogP contribution is 2.27. The molecule has 3 amide bonds. The van der Waals surface area contributed by atoms with E-state index in [-0.39, 0.29) is 11.8 Å². The molecule has 0 aliphatic rings. The number of ether oxygens (including phenoxy) is 2. The first-order chi connectivity index (χ1) is 11.8. The van der Waals surface area contributed by atoms with Crippen molar-refractivity contribution in [2.45, 2.75) is 33.7 Å². The van der Waals surface area contributed by atoms with Gasteiger partial charge in [-0.3, -0.25) is 25.2 Å². The van der Waals surface area contributed by atoms with Crippen LogP contribution in [0.2, 0.25) is 0 Å². The molecule has 1 unspecified atom stereocenters. The molecule has 0 saturated carbocycles. The maximum atomic E-state index is 12.2. The maximum Gasteiger partial charge on any atom is 0.269 e. The summed E-state index contributed by atoms with van der Waals surface area (Å²) < 4.78 is 10.6. The molecule has 1 rings (SSSR count). The molecule has 0 aromatic heterocycles. The summed E-state index contributed by atoms with van der Waals surface area (Å²) in [7, 11) is 1.47. The molecule has 0 saturated heterocycles. The lowest BCUT2D eigenvalue weighted by Gasteiger charge is -2.21. The second kappa shape index (κ2) is 9.51. The first-order valence-electron chi connectivity index (χ1n) is 7.98. The molecule has 0 radical (unpaired) electrons. The normalized spacial score (nSPS) is 11.4. The topological polar surface area (TPSA) is 106 Å². The van der Waals surface area contributed by atoms with E-state index in [4.69, 9.17) is 9.47 Å². The number of rotatable bonds is 7. The van der Waals surface area contributed by atoms with Gasteiger partial charge in [0.15, 0.2) is 11.5 Å². The van der Waals surface area contributed by atoms with Crippen molar-refractivity contribution in [3.8, 4) is 11.5 Å². The number of hydrogen-bond donors (Lipinski definition) is 3. The second-order valence-corrected chi connectivity index (χ2v) is 5.66. The molecule has 0 heterocycles. The second-order valence-electron chi connectivity index (χ2n) is 5.66. The summed E-state index contributed by atoms with van der Waals surface area (Å²) in [5.41, 5.74) is 4.94. The van der Waals surface area contributed by atoms with Crippen LogP contribution in [-0.4, -0.2) is 37.5 Å². The zero-order chi connectivity index (χ0) is 19.0. The Hall–Kier alpha value is -2.77. The minimum absolute atomic E-state index is 0.133. The van der Waals surface area contributed by atoms with Gasteiger partial charge in [0.2, 0.25) is 5.91 Å². The van der Waals surface area contributed by atoms with Gasteiger partial charge in [-0.2, -0.15) is 0 Å². The molecule has 1 aromatic carbocycles. The fraction of sp³-hybridized carbons (Fsp3) is 0.471. The van der Waals surface area contributed by atoms with Crippen molar-refractivity contribution in [1.29, 1.82) is 0 Å². The summed E-state index contributed by atoms with van der Waals surface area (Å²) in [4.78, 5) is 35.5. The third kappa shape index (κ3) is 5.98.